The van der Waals surface area contributed by atoms with Crippen LogP contribution in [0.25, 0.3) is 11.3 Å². The normalized spacial score (nSPS) is 10.6. The molecule has 0 fully saturated rings. The average molecular weight is 425 g/mol. The van der Waals surface area contributed by atoms with E-state index in [1.807, 2.05) is 18.2 Å². The molecule has 0 aliphatic heterocycles. The first-order valence-corrected chi connectivity index (χ1v) is 9.55. The van der Waals surface area contributed by atoms with E-state index in [2.05, 4.69) is 20.5 Å². The summed E-state index contributed by atoms with van der Waals surface area (Å²) in [5.41, 5.74) is 3.40. The van der Waals surface area contributed by atoms with Crippen molar-refractivity contribution in [1.82, 2.24) is 9.97 Å². The van der Waals surface area contributed by atoms with Crippen molar-refractivity contribution in [2.24, 2.45) is 5.10 Å². The summed E-state index contributed by atoms with van der Waals surface area (Å²) in [5.74, 6) is 0.111. The fraction of sp³-hybridized carbons (Fsp3) is 0. The summed E-state index contributed by atoms with van der Waals surface area (Å²) >= 11 is 0. The number of hydrogen-bond donors (Lipinski definition) is 2. The summed E-state index contributed by atoms with van der Waals surface area (Å²) in [6, 6.07) is 23.9. The number of halogens is 1. The lowest BCUT2D eigenvalue weighted by Crippen LogP contribution is -2.16. The first kappa shape index (κ1) is 20.5. The molecular formula is C24H16FN5O2. The van der Waals surface area contributed by atoms with Crippen molar-refractivity contribution in [2.45, 2.75) is 0 Å². The first-order chi connectivity index (χ1) is 15.6. The van der Waals surface area contributed by atoms with Crippen molar-refractivity contribution < 1.29 is 9.13 Å². The van der Waals surface area contributed by atoms with Gasteiger partial charge < -0.3 is 4.74 Å². The van der Waals surface area contributed by atoms with Crippen LogP contribution in [0.4, 0.5) is 10.3 Å². The Labute approximate surface area is 182 Å². The number of para-hydroxylation sites is 1. The zero-order chi connectivity index (χ0) is 22.3. The quantitative estimate of drug-likeness (QED) is 0.345. The number of aromatic amines is 1. The van der Waals surface area contributed by atoms with Crippen LogP contribution in [0.15, 0.2) is 88.8 Å². The summed E-state index contributed by atoms with van der Waals surface area (Å²) in [7, 11) is 0. The Morgan fingerprint density at radius 1 is 1.06 bits per heavy atom. The lowest BCUT2D eigenvalue weighted by atomic mass is 10.1. The summed E-state index contributed by atoms with van der Waals surface area (Å²) in [4.78, 5) is 19.1. The van der Waals surface area contributed by atoms with Gasteiger partial charge >= 0.3 is 0 Å². The number of anilines is 1. The van der Waals surface area contributed by atoms with Gasteiger partial charge in [0.2, 0.25) is 5.95 Å². The number of nitrogens with zero attached hydrogens (tertiary/aromatic N) is 3. The van der Waals surface area contributed by atoms with Crippen molar-refractivity contribution in [3.05, 3.63) is 106 Å². The molecule has 8 heteroatoms. The molecule has 32 heavy (non-hydrogen) atoms. The van der Waals surface area contributed by atoms with Gasteiger partial charge in [0.1, 0.15) is 17.4 Å². The molecule has 0 amide bonds. The fourth-order valence-corrected chi connectivity index (χ4v) is 2.90. The Bertz CT molecular complexity index is 1360. The van der Waals surface area contributed by atoms with Gasteiger partial charge in [0.05, 0.1) is 11.9 Å². The van der Waals surface area contributed by atoms with E-state index in [9.17, 15) is 14.4 Å². The van der Waals surface area contributed by atoms with Gasteiger partial charge in [-0.3, -0.25) is 9.78 Å². The number of aromatic nitrogens is 2. The summed E-state index contributed by atoms with van der Waals surface area (Å²) in [5, 5.41) is 13.4. The van der Waals surface area contributed by atoms with E-state index < -0.39 is 11.4 Å². The molecule has 0 radical (unpaired) electrons. The maximum absolute atomic E-state index is 14.1. The summed E-state index contributed by atoms with van der Waals surface area (Å²) < 4.78 is 19.7. The molecule has 0 bridgehead atoms. The van der Waals surface area contributed by atoms with Crippen LogP contribution < -0.4 is 15.7 Å². The number of ether oxygens (including phenoxy) is 1. The second-order valence-electron chi connectivity index (χ2n) is 6.59. The van der Waals surface area contributed by atoms with Gasteiger partial charge in [-0.2, -0.15) is 10.4 Å². The van der Waals surface area contributed by atoms with Crippen molar-refractivity contribution in [2.75, 3.05) is 5.43 Å². The number of nitriles is 1. The van der Waals surface area contributed by atoms with E-state index in [1.54, 1.807) is 48.5 Å². The van der Waals surface area contributed by atoms with Crippen molar-refractivity contribution >= 4 is 12.2 Å². The van der Waals surface area contributed by atoms with E-state index in [-0.39, 0.29) is 23.0 Å². The number of benzene rings is 3. The van der Waals surface area contributed by atoms with E-state index >= 15 is 0 Å². The molecule has 0 spiro atoms. The maximum atomic E-state index is 14.1. The van der Waals surface area contributed by atoms with Crippen LogP contribution in [0.2, 0.25) is 0 Å². The lowest BCUT2D eigenvalue weighted by molar-refractivity contribution is 0.442. The molecule has 1 aromatic heterocycles. The maximum Gasteiger partial charge on any atom is 0.270 e. The van der Waals surface area contributed by atoms with Gasteiger partial charge in [0, 0.05) is 5.56 Å². The molecule has 2 N–H and O–H groups in total. The standard InChI is InChI=1S/C24H16FN5O2/c25-20-12-11-16(13-21(20)32-18-9-5-2-6-10-18)15-27-30-24-28-22(17-7-3-1-4-8-17)19(14-26)23(31)29-24/h1-13,15H,(H2,28,29,30,31). The third-order valence-corrected chi connectivity index (χ3v) is 4.39. The fourth-order valence-electron chi connectivity index (χ4n) is 2.90. The molecule has 4 rings (SSSR count). The van der Waals surface area contributed by atoms with Gasteiger partial charge in [-0.15, -0.1) is 0 Å². The lowest BCUT2D eigenvalue weighted by Gasteiger charge is -2.07. The molecule has 156 valence electrons. The van der Waals surface area contributed by atoms with E-state index in [0.29, 0.717) is 16.9 Å². The predicted octanol–water partition coefficient (Wildman–Crippen LogP) is 4.69. The topological polar surface area (TPSA) is 103 Å². The second-order valence-corrected chi connectivity index (χ2v) is 6.59. The third kappa shape index (κ3) is 4.68. The Kier molecular flexibility index (Phi) is 6.00. The Balaban J connectivity index is 1.56. The summed E-state index contributed by atoms with van der Waals surface area (Å²) in [6.45, 7) is 0. The minimum absolute atomic E-state index is 0.0522. The van der Waals surface area contributed by atoms with E-state index in [0.717, 1.165) is 0 Å². The number of nitrogens with one attached hydrogen (secondary N) is 2. The highest BCUT2D eigenvalue weighted by Crippen LogP contribution is 2.25. The van der Waals surface area contributed by atoms with Gasteiger partial charge in [-0.25, -0.2) is 14.8 Å². The Hall–Kier alpha value is -4.77. The monoisotopic (exact) mass is 425 g/mol. The molecule has 3 aromatic carbocycles. The number of hydrogen-bond acceptors (Lipinski definition) is 6. The third-order valence-electron chi connectivity index (χ3n) is 4.39. The molecule has 0 saturated heterocycles. The minimum Gasteiger partial charge on any atom is -0.454 e. The number of rotatable bonds is 6. The van der Waals surface area contributed by atoms with Crippen molar-refractivity contribution in [1.29, 1.82) is 5.26 Å². The molecule has 0 aliphatic rings. The van der Waals surface area contributed by atoms with Gasteiger partial charge in [-0.1, -0.05) is 54.6 Å². The minimum atomic E-state index is -0.584. The van der Waals surface area contributed by atoms with Crippen LogP contribution in [-0.4, -0.2) is 16.2 Å². The molecule has 1 heterocycles. The molecule has 7 nitrogen and oxygen atoms in total. The highest BCUT2D eigenvalue weighted by Gasteiger charge is 2.13. The van der Waals surface area contributed by atoms with Gasteiger partial charge in [-0.05, 0) is 29.8 Å². The number of hydrazone groups is 1. The SMILES string of the molecule is N#Cc1c(-c2ccccc2)nc(NN=Cc2ccc(F)c(Oc3ccccc3)c2)[nH]c1=O. The molecular weight excluding hydrogens is 409 g/mol. The van der Waals surface area contributed by atoms with Crippen LogP contribution in [0.3, 0.4) is 0 Å². The first-order valence-electron chi connectivity index (χ1n) is 9.55. The molecule has 4 aromatic rings. The average Bonchev–Trinajstić information content (AvgIpc) is 2.82. The van der Waals surface area contributed by atoms with Crippen LogP contribution in [0.5, 0.6) is 11.5 Å². The van der Waals surface area contributed by atoms with Crippen molar-refractivity contribution in [3.63, 3.8) is 0 Å². The largest absolute Gasteiger partial charge is 0.454 e. The van der Waals surface area contributed by atoms with E-state index in [4.69, 9.17) is 4.74 Å². The Morgan fingerprint density at radius 3 is 2.50 bits per heavy atom. The van der Waals surface area contributed by atoms with Gasteiger partial charge in [0.25, 0.3) is 5.56 Å². The Morgan fingerprint density at radius 2 is 1.78 bits per heavy atom. The predicted molar refractivity (Wildman–Crippen MR) is 119 cm³/mol. The van der Waals surface area contributed by atoms with Crippen molar-refractivity contribution in [3.8, 4) is 28.8 Å². The smallest absolute Gasteiger partial charge is 0.270 e. The summed E-state index contributed by atoms with van der Waals surface area (Å²) in [6.07, 6.45) is 1.43. The van der Waals surface area contributed by atoms with Crippen LogP contribution in [0.1, 0.15) is 11.1 Å². The zero-order valence-electron chi connectivity index (χ0n) is 16.6. The second kappa shape index (κ2) is 9.36. The molecule has 0 unspecified atom stereocenters. The van der Waals surface area contributed by atoms with Crippen LogP contribution >= 0.6 is 0 Å². The highest BCUT2D eigenvalue weighted by molar-refractivity contribution is 5.80. The van der Waals surface area contributed by atoms with Crippen LogP contribution in [-0.2, 0) is 0 Å². The zero-order valence-corrected chi connectivity index (χ0v) is 16.6. The molecule has 0 aliphatic carbocycles. The number of H-pyrrole nitrogens is 1. The molecule has 0 saturated carbocycles. The highest BCUT2D eigenvalue weighted by atomic mass is 19.1. The van der Waals surface area contributed by atoms with Crippen LogP contribution in [0, 0.1) is 17.1 Å². The van der Waals surface area contributed by atoms with Gasteiger partial charge in [0.15, 0.2) is 11.6 Å². The van der Waals surface area contributed by atoms with E-state index in [1.165, 1.54) is 24.4 Å². The molecule has 0 atom stereocenters.